The molecule has 0 aromatic rings. The minimum Gasteiger partial charge on any atom is -0.466 e. The van der Waals surface area contributed by atoms with Crippen molar-refractivity contribution in [1.29, 1.82) is 0 Å². The molecular formula is C12H18O3. The van der Waals surface area contributed by atoms with Crippen molar-refractivity contribution in [1.82, 2.24) is 0 Å². The number of Topliss-reactive ketones (excluding diaryl/α,β-unsaturated/α-hetero) is 1. The highest BCUT2D eigenvalue weighted by Crippen LogP contribution is 1.95. The van der Waals surface area contributed by atoms with Crippen molar-refractivity contribution < 1.29 is 14.3 Å². The maximum absolute atomic E-state index is 11.1. The van der Waals surface area contributed by atoms with E-state index in [4.69, 9.17) is 4.74 Å². The molecule has 0 heterocycles. The third-order valence-electron chi connectivity index (χ3n) is 1.74. The summed E-state index contributed by atoms with van der Waals surface area (Å²) in [5.41, 5.74) is 0. The van der Waals surface area contributed by atoms with Crippen molar-refractivity contribution in [3.8, 4) is 11.8 Å². The average molecular weight is 210 g/mol. The number of ether oxygens (including phenoxy) is 1. The van der Waals surface area contributed by atoms with E-state index in [9.17, 15) is 9.59 Å². The van der Waals surface area contributed by atoms with Gasteiger partial charge in [-0.15, -0.1) is 0 Å². The van der Waals surface area contributed by atoms with Gasteiger partial charge in [-0.1, -0.05) is 19.3 Å². The van der Waals surface area contributed by atoms with E-state index in [2.05, 4.69) is 18.8 Å². The van der Waals surface area contributed by atoms with Crippen LogP contribution in [0.5, 0.6) is 0 Å². The lowest BCUT2D eigenvalue weighted by atomic mass is 10.2. The topological polar surface area (TPSA) is 43.4 Å². The van der Waals surface area contributed by atoms with Crippen LogP contribution in [0.2, 0.25) is 0 Å². The summed E-state index contributed by atoms with van der Waals surface area (Å²) in [5, 5.41) is 0. The molecule has 3 nitrogen and oxygen atoms in total. The van der Waals surface area contributed by atoms with Crippen LogP contribution in [0.4, 0.5) is 0 Å². The van der Waals surface area contributed by atoms with E-state index in [1.54, 1.807) is 6.92 Å². The standard InChI is InChI=1S/C12H18O3/c1-3-5-6-7-8-11(13)9-10-12(14)15-4-2/h3-6,9-10H2,1-2H3. The van der Waals surface area contributed by atoms with Crippen LogP contribution < -0.4 is 0 Å². The molecule has 0 amide bonds. The first kappa shape index (κ1) is 13.7. The molecule has 0 bridgehead atoms. The van der Waals surface area contributed by atoms with Gasteiger partial charge in [-0.3, -0.25) is 9.59 Å². The molecule has 0 rings (SSSR count). The highest BCUT2D eigenvalue weighted by atomic mass is 16.5. The molecule has 0 fully saturated rings. The van der Waals surface area contributed by atoms with E-state index in [-0.39, 0.29) is 24.6 Å². The minimum atomic E-state index is -0.332. The number of ketones is 1. The lowest BCUT2D eigenvalue weighted by Crippen LogP contribution is -2.06. The van der Waals surface area contributed by atoms with E-state index >= 15 is 0 Å². The molecular weight excluding hydrogens is 192 g/mol. The highest BCUT2D eigenvalue weighted by Gasteiger charge is 2.04. The summed E-state index contributed by atoms with van der Waals surface area (Å²) in [5.74, 6) is 4.79. The van der Waals surface area contributed by atoms with Crippen molar-refractivity contribution in [3.63, 3.8) is 0 Å². The molecule has 0 aromatic carbocycles. The van der Waals surface area contributed by atoms with Gasteiger partial charge in [0.25, 0.3) is 0 Å². The monoisotopic (exact) mass is 210 g/mol. The van der Waals surface area contributed by atoms with Gasteiger partial charge in [-0.2, -0.15) is 0 Å². The number of carbonyl (C=O) groups excluding carboxylic acids is 2. The van der Waals surface area contributed by atoms with E-state index < -0.39 is 0 Å². The lowest BCUT2D eigenvalue weighted by molar-refractivity contribution is -0.144. The smallest absolute Gasteiger partial charge is 0.306 e. The van der Waals surface area contributed by atoms with Crippen molar-refractivity contribution in [2.24, 2.45) is 0 Å². The number of rotatable bonds is 6. The Labute approximate surface area is 91.2 Å². The van der Waals surface area contributed by atoms with Gasteiger partial charge in [-0.05, 0) is 19.3 Å². The molecule has 0 spiro atoms. The molecule has 0 aliphatic rings. The van der Waals surface area contributed by atoms with E-state index in [1.165, 1.54) is 0 Å². The van der Waals surface area contributed by atoms with Crippen LogP contribution in [0.3, 0.4) is 0 Å². The SMILES string of the molecule is CCCCC#CC(=O)CCC(=O)OCC. The molecule has 0 N–H and O–H groups in total. The van der Waals surface area contributed by atoms with Crippen molar-refractivity contribution in [2.45, 2.75) is 46.0 Å². The molecule has 0 aliphatic carbocycles. The quantitative estimate of drug-likeness (QED) is 0.292. The second-order valence-corrected chi connectivity index (χ2v) is 3.13. The normalized spacial score (nSPS) is 8.93. The van der Waals surface area contributed by atoms with E-state index in [0.717, 1.165) is 19.3 Å². The predicted octanol–water partition coefficient (Wildman–Crippen LogP) is 2.09. The lowest BCUT2D eigenvalue weighted by Gasteiger charge is -1.97. The summed E-state index contributed by atoms with van der Waals surface area (Å²) < 4.78 is 4.70. The Hall–Kier alpha value is -1.30. The van der Waals surface area contributed by atoms with Gasteiger partial charge in [0, 0.05) is 12.8 Å². The Morgan fingerprint density at radius 3 is 2.53 bits per heavy atom. The number of carbonyl (C=O) groups is 2. The first-order chi connectivity index (χ1) is 7.20. The first-order valence-corrected chi connectivity index (χ1v) is 5.38. The maximum atomic E-state index is 11.1. The molecule has 0 aliphatic heterocycles. The largest absolute Gasteiger partial charge is 0.466 e. The zero-order valence-electron chi connectivity index (χ0n) is 9.47. The van der Waals surface area contributed by atoms with Gasteiger partial charge in [-0.25, -0.2) is 0 Å². The zero-order chi connectivity index (χ0) is 11.5. The Kier molecular flexibility index (Phi) is 8.46. The number of esters is 1. The van der Waals surface area contributed by atoms with Crippen LogP contribution in [0, 0.1) is 11.8 Å². The second-order valence-electron chi connectivity index (χ2n) is 3.13. The van der Waals surface area contributed by atoms with Crippen molar-refractivity contribution in [3.05, 3.63) is 0 Å². The Balaban J connectivity index is 3.63. The summed E-state index contributed by atoms with van der Waals surface area (Å²) in [6.45, 7) is 4.17. The number of unbranched alkanes of at least 4 members (excludes halogenated alkanes) is 2. The van der Waals surface area contributed by atoms with Crippen molar-refractivity contribution >= 4 is 11.8 Å². The van der Waals surface area contributed by atoms with Gasteiger partial charge in [0.1, 0.15) is 0 Å². The average Bonchev–Trinajstić information content (AvgIpc) is 2.22. The van der Waals surface area contributed by atoms with Crippen LogP contribution in [0.1, 0.15) is 46.0 Å². The molecule has 0 unspecified atom stereocenters. The Bertz CT molecular complexity index is 258. The first-order valence-electron chi connectivity index (χ1n) is 5.38. The fourth-order valence-electron chi connectivity index (χ4n) is 0.937. The molecule has 0 saturated heterocycles. The minimum absolute atomic E-state index is 0.134. The van der Waals surface area contributed by atoms with Crippen LogP contribution in [0.15, 0.2) is 0 Å². The van der Waals surface area contributed by atoms with Gasteiger partial charge < -0.3 is 4.74 Å². The molecule has 0 saturated carbocycles. The fourth-order valence-corrected chi connectivity index (χ4v) is 0.937. The summed E-state index contributed by atoms with van der Waals surface area (Å²) in [6.07, 6.45) is 3.14. The highest BCUT2D eigenvalue weighted by molar-refractivity contribution is 5.96. The van der Waals surface area contributed by atoms with Gasteiger partial charge >= 0.3 is 5.97 Å². The predicted molar refractivity (Wildman–Crippen MR) is 58.2 cm³/mol. The van der Waals surface area contributed by atoms with Crippen LogP contribution >= 0.6 is 0 Å². The van der Waals surface area contributed by atoms with E-state index in [1.807, 2.05) is 0 Å². The second kappa shape index (κ2) is 9.26. The number of hydrogen-bond acceptors (Lipinski definition) is 3. The Morgan fingerprint density at radius 2 is 1.93 bits per heavy atom. The molecule has 0 atom stereocenters. The molecule has 3 heteroatoms. The van der Waals surface area contributed by atoms with E-state index in [0.29, 0.717) is 6.61 Å². The van der Waals surface area contributed by atoms with Crippen molar-refractivity contribution in [2.75, 3.05) is 6.61 Å². The summed E-state index contributed by atoms with van der Waals surface area (Å²) >= 11 is 0. The van der Waals surface area contributed by atoms with Gasteiger partial charge in [0.15, 0.2) is 0 Å². The molecule has 0 radical (unpaired) electrons. The fraction of sp³-hybridized carbons (Fsp3) is 0.667. The third-order valence-corrected chi connectivity index (χ3v) is 1.74. The zero-order valence-corrected chi connectivity index (χ0v) is 9.47. The van der Waals surface area contributed by atoms with Gasteiger partial charge in [0.2, 0.25) is 5.78 Å². The summed E-state index contributed by atoms with van der Waals surface area (Å²) in [4.78, 5) is 22.0. The van der Waals surface area contributed by atoms with Crippen LogP contribution in [-0.4, -0.2) is 18.4 Å². The van der Waals surface area contributed by atoms with Gasteiger partial charge in [0.05, 0.1) is 13.0 Å². The third kappa shape index (κ3) is 9.01. The maximum Gasteiger partial charge on any atom is 0.306 e. The number of hydrogen-bond donors (Lipinski definition) is 0. The summed E-state index contributed by atoms with van der Waals surface area (Å²) in [6, 6.07) is 0. The van der Waals surface area contributed by atoms with Crippen LogP contribution in [-0.2, 0) is 14.3 Å². The Morgan fingerprint density at radius 1 is 1.20 bits per heavy atom. The molecule has 84 valence electrons. The van der Waals surface area contributed by atoms with Crippen LogP contribution in [0.25, 0.3) is 0 Å². The summed E-state index contributed by atoms with van der Waals surface area (Å²) in [7, 11) is 0. The molecule has 15 heavy (non-hydrogen) atoms. The molecule has 0 aromatic heterocycles.